The first-order chi connectivity index (χ1) is 5.24. The molecule has 0 fully saturated rings. The van der Waals surface area contributed by atoms with Crippen LogP contribution in [-0.2, 0) is 0 Å². The lowest BCUT2D eigenvalue weighted by Gasteiger charge is -2.06. The summed E-state index contributed by atoms with van der Waals surface area (Å²) in [5.74, 6) is 0.558. The van der Waals surface area contributed by atoms with Gasteiger partial charge in [0.2, 0.25) is 5.95 Å². The van der Waals surface area contributed by atoms with Crippen molar-refractivity contribution < 1.29 is 0 Å². The highest BCUT2D eigenvalue weighted by atomic mass is 15.0. The molecule has 0 aromatic carbocycles. The van der Waals surface area contributed by atoms with Gasteiger partial charge in [-0.15, -0.1) is 0 Å². The summed E-state index contributed by atoms with van der Waals surface area (Å²) < 4.78 is 0. The van der Waals surface area contributed by atoms with Crippen LogP contribution in [0.4, 0.5) is 5.95 Å². The molecule has 1 atom stereocenters. The Hall–Kier alpha value is -1.16. The number of anilines is 1. The van der Waals surface area contributed by atoms with Gasteiger partial charge in [0, 0.05) is 24.4 Å². The number of hydrogen-bond donors (Lipinski definition) is 2. The molecule has 1 heterocycles. The fourth-order valence-electron chi connectivity index (χ4n) is 0.784. The zero-order valence-corrected chi connectivity index (χ0v) is 6.49. The summed E-state index contributed by atoms with van der Waals surface area (Å²) in [6, 6.07) is 1.83. The number of aromatic nitrogens is 2. The highest BCUT2D eigenvalue weighted by molar-refractivity contribution is 5.19. The topological polar surface area (TPSA) is 77.8 Å². The third-order valence-corrected chi connectivity index (χ3v) is 1.55. The second-order valence-corrected chi connectivity index (χ2v) is 2.48. The maximum absolute atomic E-state index is 5.45. The van der Waals surface area contributed by atoms with Gasteiger partial charge in [-0.2, -0.15) is 0 Å². The minimum absolute atomic E-state index is 0.250. The van der Waals surface area contributed by atoms with Gasteiger partial charge in [0.05, 0.1) is 0 Å². The van der Waals surface area contributed by atoms with E-state index in [9.17, 15) is 0 Å². The Bertz CT molecular complexity index is 236. The molecule has 0 aliphatic rings. The lowest BCUT2D eigenvalue weighted by molar-refractivity contribution is 0.743. The lowest BCUT2D eigenvalue weighted by atomic mass is 10.1. The van der Waals surface area contributed by atoms with Crippen molar-refractivity contribution in [3.63, 3.8) is 0 Å². The molecular weight excluding hydrogens is 140 g/mol. The first-order valence-electron chi connectivity index (χ1n) is 3.52. The number of rotatable bonds is 2. The van der Waals surface area contributed by atoms with Gasteiger partial charge < -0.3 is 11.5 Å². The smallest absolute Gasteiger partial charge is 0.220 e. The van der Waals surface area contributed by atoms with E-state index in [1.165, 1.54) is 0 Å². The molecule has 0 bridgehead atoms. The SMILES string of the molecule is CC(CN)c1ccnc(N)n1. The van der Waals surface area contributed by atoms with Crippen molar-refractivity contribution in [2.45, 2.75) is 12.8 Å². The minimum Gasteiger partial charge on any atom is -0.368 e. The maximum Gasteiger partial charge on any atom is 0.220 e. The Morgan fingerprint density at radius 2 is 2.36 bits per heavy atom. The third kappa shape index (κ3) is 1.88. The van der Waals surface area contributed by atoms with Crippen LogP contribution in [0.15, 0.2) is 12.3 Å². The summed E-state index contributed by atoms with van der Waals surface area (Å²) in [6.07, 6.45) is 1.64. The van der Waals surface area contributed by atoms with E-state index in [1.807, 2.05) is 13.0 Å². The highest BCUT2D eigenvalue weighted by Gasteiger charge is 2.03. The molecule has 0 radical (unpaired) electrons. The first-order valence-corrected chi connectivity index (χ1v) is 3.52. The Labute approximate surface area is 65.6 Å². The summed E-state index contributed by atoms with van der Waals surface area (Å²) in [5.41, 5.74) is 11.7. The van der Waals surface area contributed by atoms with Gasteiger partial charge in [-0.3, -0.25) is 0 Å². The summed E-state index contributed by atoms with van der Waals surface area (Å²) in [4.78, 5) is 7.81. The molecule has 1 unspecified atom stereocenters. The van der Waals surface area contributed by atoms with Crippen LogP contribution in [-0.4, -0.2) is 16.5 Å². The van der Waals surface area contributed by atoms with Crippen molar-refractivity contribution in [3.8, 4) is 0 Å². The molecule has 0 spiro atoms. The van der Waals surface area contributed by atoms with E-state index < -0.39 is 0 Å². The number of nitrogens with two attached hydrogens (primary N) is 2. The van der Waals surface area contributed by atoms with Crippen LogP contribution in [0, 0.1) is 0 Å². The Morgan fingerprint density at radius 1 is 1.64 bits per heavy atom. The number of nitrogen functional groups attached to an aromatic ring is 1. The molecule has 4 heteroatoms. The van der Waals surface area contributed by atoms with E-state index in [1.54, 1.807) is 6.20 Å². The summed E-state index contributed by atoms with van der Waals surface area (Å²) in [5, 5.41) is 0. The summed E-state index contributed by atoms with van der Waals surface area (Å²) in [6.45, 7) is 2.58. The zero-order valence-electron chi connectivity index (χ0n) is 6.49. The molecule has 0 aliphatic carbocycles. The predicted molar refractivity (Wildman–Crippen MR) is 43.9 cm³/mol. The summed E-state index contributed by atoms with van der Waals surface area (Å²) in [7, 11) is 0. The molecule has 0 saturated carbocycles. The average molecular weight is 152 g/mol. The van der Waals surface area contributed by atoms with Crippen LogP contribution in [0.2, 0.25) is 0 Å². The van der Waals surface area contributed by atoms with Gasteiger partial charge in [-0.25, -0.2) is 9.97 Å². The summed E-state index contributed by atoms with van der Waals surface area (Å²) >= 11 is 0. The molecule has 1 aromatic heterocycles. The molecule has 1 aromatic rings. The van der Waals surface area contributed by atoms with Gasteiger partial charge in [-0.1, -0.05) is 6.92 Å². The standard InChI is InChI=1S/C7H12N4/c1-5(4-8)6-2-3-10-7(9)11-6/h2-3,5H,4,8H2,1H3,(H2,9,10,11). The van der Waals surface area contributed by atoms with E-state index in [2.05, 4.69) is 9.97 Å². The van der Waals surface area contributed by atoms with Gasteiger partial charge >= 0.3 is 0 Å². The van der Waals surface area contributed by atoms with E-state index in [4.69, 9.17) is 11.5 Å². The fraction of sp³-hybridized carbons (Fsp3) is 0.429. The molecule has 60 valence electrons. The average Bonchev–Trinajstić information content (AvgIpc) is 2.03. The predicted octanol–water partition coefficient (Wildman–Crippen LogP) is 0.121. The largest absolute Gasteiger partial charge is 0.368 e. The van der Waals surface area contributed by atoms with Crippen molar-refractivity contribution in [1.82, 2.24) is 9.97 Å². The fourth-order valence-corrected chi connectivity index (χ4v) is 0.784. The van der Waals surface area contributed by atoms with Crippen LogP contribution >= 0.6 is 0 Å². The monoisotopic (exact) mass is 152 g/mol. The Kier molecular flexibility index (Phi) is 2.38. The zero-order chi connectivity index (χ0) is 8.27. The second-order valence-electron chi connectivity index (χ2n) is 2.48. The van der Waals surface area contributed by atoms with E-state index in [0.29, 0.717) is 12.5 Å². The van der Waals surface area contributed by atoms with E-state index in [-0.39, 0.29) is 5.92 Å². The minimum atomic E-state index is 0.250. The van der Waals surface area contributed by atoms with Crippen molar-refractivity contribution in [3.05, 3.63) is 18.0 Å². The molecule has 11 heavy (non-hydrogen) atoms. The molecule has 0 aliphatic heterocycles. The van der Waals surface area contributed by atoms with Crippen molar-refractivity contribution in [1.29, 1.82) is 0 Å². The molecule has 4 N–H and O–H groups in total. The van der Waals surface area contributed by atoms with Crippen LogP contribution in [0.1, 0.15) is 18.5 Å². The number of nitrogens with zero attached hydrogens (tertiary/aromatic N) is 2. The first kappa shape index (κ1) is 7.94. The van der Waals surface area contributed by atoms with Crippen LogP contribution < -0.4 is 11.5 Å². The van der Waals surface area contributed by atoms with Gasteiger partial charge in [-0.05, 0) is 6.07 Å². The highest BCUT2D eigenvalue weighted by Crippen LogP contribution is 2.09. The molecule has 0 saturated heterocycles. The maximum atomic E-state index is 5.45. The lowest BCUT2D eigenvalue weighted by Crippen LogP contribution is -2.11. The van der Waals surface area contributed by atoms with Gasteiger partial charge in [0.15, 0.2) is 0 Å². The number of hydrogen-bond acceptors (Lipinski definition) is 4. The van der Waals surface area contributed by atoms with Gasteiger partial charge in [0.1, 0.15) is 0 Å². The van der Waals surface area contributed by atoms with Crippen molar-refractivity contribution >= 4 is 5.95 Å². The van der Waals surface area contributed by atoms with Crippen molar-refractivity contribution in [2.24, 2.45) is 5.73 Å². The Balaban J connectivity index is 2.86. The van der Waals surface area contributed by atoms with Crippen molar-refractivity contribution in [2.75, 3.05) is 12.3 Å². The molecule has 1 rings (SSSR count). The quantitative estimate of drug-likeness (QED) is 0.631. The van der Waals surface area contributed by atoms with Crippen LogP contribution in [0.3, 0.4) is 0 Å². The van der Waals surface area contributed by atoms with Crippen LogP contribution in [0.25, 0.3) is 0 Å². The van der Waals surface area contributed by atoms with E-state index >= 15 is 0 Å². The molecular formula is C7H12N4. The molecule has 4 nitrogen and oxygen atoms in total. The van der Waals surface area contributed by atoms with Crippen LogP contribution in [0.5, 0.6) is 0 Å². The van der Waals surface area contributed by atoms with Gasteiger partial charge in [0.25, 0.3) is 0 Å². The second kappa shape index (κ2) is 3.30. The normalized spacial score (nSPS) is 12.9. The molecule has 0 amide bonds. The van der Waals surface area contributed by atoms with E-state index in [0.717, 1.165) is 5.69 Å². The third-order valence-electron chi connectivity index (χ3n) is 1.55. The Morgan fingerprint density at radius 3 is 2.91 bits per heavy atom.